The lowest BCUT2D eigenvalue weighted by molar-refractivity contribution is 0.126. The fourth-order valence-electron chi connectivity index (χ4n) is 0.255. The lowest BCUT2D eigenvalue weighted by Gasteiger charge is -2.00. The van der Waals surface area contributed by atoms with E-state index in [1.54, 1.807) is 0 Å². The van der Waals surface area contributed by atoms with Gasteiger partial charge < -0.3 is 14.6 Å². The molecule has 0 aliphatic carbocycles. The molecule has 0 radical (unpaired) electrons. The maximum atomic E-state index is 8.37. The minimum Gasteiger partial charge on any atom is -0.478 e. The molecule has 0 amide bonds. The van der Waals surface area contributed by atoms with Gasteiger partial charge in [-0.15, -0.1) is 0 Å². The lowest BCUT2D eigenvalue weighted by atomic mass is 10.9. The van der Waals surface area contributed by atoms with Crippen molar-refractivity contribution in [3.8, 4) is 0 Å². The molecule has 0 unspecified atom stereocenters. The van der Waals surface area contributed by atoms with Gasteiger partial charge in [0.15, 0.2) is 6.26 Å². The minimum atomic E-state index is -0.220. The van der Waals surface area contributed by atoms with Crippen LogP contribution in [0.3, 0.4) is 0 Å². The van der Waals surface area contributed by atoms with E-state index in [2.05, 4.69) is 9.47 Å². The van der Waals surface area contributed by atoms with Crippen LogP contribution in [0.5, 0.6) is 0 Å². The van der Waals surface area contributed by atoms with Crippen LogP contribution in [-0.2, 0) is 9.47 Å². The summed E-state index contributed by atoms with van der Waals surface area (Å²) >= 11 is 0. The molecule has 7 heavy (non-hydrogen) atoms. The van der Waals surface area contributed by atoms with Crippen molar-refractivity contribution in [2.75, 3.05) is 0 Å². The number of rotatable bonds is 0. The highest BCUT2D eigenvalue weighted by atomic mass is 16.6. The van der Waals surface area contributed by atoms with E-state index < -0.39 is 0 Å². The normalized spacial score (nSPS) is 16.9. The van der Waals surface area contributed by atoms with Crippen LogP contribution in [-0.4, -0.2) is 5.11 Å². The second-order valence-corrected chi connectivity index (χ2v) is 0.982. The van der Waals surface area contributed by atoms with Gasteiger partial charge in [0.25, 0.3) is 0 Å². The summed E-state index contributed by atoms with van der Waals surface area (Å²) in [6.07, 6.45) is 3.66. The van der Waals surface area contributed by atoms with Crippen molar-refractivity contribution >= 4 is 0 Å². The van der Waals surface area contributed by atoms with E-state index in [9.17, 15) is 0 Å². The summed E-state index contributed by atoms with van der Waals surface area (Å²) in [7, 11) is 0. The average molecular weight is 100 g/mol. The number of aliphatic hydroxyl groups is 1. The largest absolute Gasteiger partial charge is 0.478 e. The maximum Gasteiger partial charge on any atom is 0.318 e. The van der Waals surface area contributed by atoms with E-state index >= 15 is 0 Å². The molecule has 0 fully saturated rings. The van der Waals surface area contributed by atoms with Gasteiger partial charge in [-0.1, -0.05) is 0 Å². The molecule has 0 aromatic heterocycles. The average Bonchev–Trinajstić information content (AvgIpc) is 1.69. The molecule has 0 aromatic carbocycles. The molecule has 0 saturated heterocycles. The SMILES string of the molecule is OC1=COC=CO1. The van der Waals surface area contributed by atoms with Gasteiger partial charge in [-0.2, -0.15) is 0 Å². The Labute approximate surface area is 40.5 Å². The van der Waals surface area contributed by atoms with Crippen molar-refractivity contribution in [1.29, 1.82) is 0 Å². The van der Waals surface area contributed by atoms with E-state index in [0.717, 1.165) is 6.26 Å². The molecule has 0 spiro atoms. The first-order valence-corrected chi connectivity index (χ1v) is 1.76. The van der Waals surface area contributed by atoms with Crippen LogP contribution in [0.2, 0.25) is 0 Å². The highest BCUT2D eigenvalue weighted by Gasteiger charge is 1.92. The molecule has 1 N–H and O–H groups in total. The maximum absolute atomic E-state index is 8.37. The Morgan fingerprint density at radius 3 is 2.57 bits per heavy atom. The molecule has 0 saturated carbocycles. The zero-order valence-corrected chi connectivity index (χ0v) is 3.50. The van der Waals surface area contributed by atoms with Crippen LogP contribution in [0, 0.1) is 0 Å². The quantitative estimate of drug-likeness (QED) is 0.490. The van der Waals surface area contributed by atoms with Crippen molar-refractivity contribution in [2.24, 2.45) is 0 Å². The first-order chi connectivity index (χ1) is 3.39. The third-order valence-electron chi connectivity index (χ3n) is 0.492. The summed E-state index contributed by atoms with van der Waals surface area (Å²) in [5.74, 6) is -0.220. The molecular weight excluding hydrogens is 96.0 g/mol. The number of hydrogen-bond donors (Lipinski definition) is 1. The molecule has 0 atom stereocenters. The van der Waals surface area contributed by atoms with E-state index in [1.165, 1.54) is 12.5 Å². The predicted molar refractivity (Wildman–Crippen MR) is 22.0 cm³/mol. The van der Waals surface area contributed by atoms with E-state index in [4.69, 9.17) is 5.11 Å². The molecule has 1 aliphatic rings. The summed E-state index contributed by atoms with van der Waals surface area (Å²) in [6, 6.07) is 0. The third kappa shape index (κ3) is 0.855. The van der Waals surface area contributed by atoms with E-state index in [-0.39, 0.29) is 5.95 Å². The van der Waals surface area contributed by atoms with Crippen LogP contribution < -0.4 is 0 Å². The summed E-state index contributed by atoms with van der Waals surface area (Å²) in [5.41, 5.74) is 0. The third-order valence-corrected chi connectivity index (χ3v) is 0.492. The molecule has 38 valence electrons. The van der Waals surface area contributed by atoms with Crippen LogP contribution in [0.25, 0.3) is 0 Å². The van der Waals surface area contributed by atoms with Crippen molar-refractivity contribution in [3.63, 3.8) is 0 Å². The lowest BCUT2D eigenvalue weighted by Crippen LogP contribution is -1.87. The highest BCUT2D eigenvalue weighted by Crippen LogP contribution is 1.98. The molecule has 1 heterocycles. The summed E-state index contributed by atoms with van der Waals surface area (Å²) in [5, 5.41) is 8.37. The molecule has 3 heteroatoms. The highest BCUT2D eigenvalue weighted by molar-refractivity contribution is 4.83. The van der Waals surface area contributed by atoms with Gasteiger partial charge in [0.2, 0.25) is 0 Å². The van der Waals surface area contributed by atoms with Crippen molar-refractivity contribution < 1.29 is 14.6 Å². The number of hydrogen-bond acceptors (Lipinski definition) is 3. The summed E-state index contributed by atoms with van der Waals surface area (Å²) < 4.78 is 8.85. The Morgan fingerprint density at radius 1 is 1.43 bits per heavy atom. The van der Waals surface area contributed by atoms with Crippen molar-refractivity contribution in [3.05, 3.63) is 24.7 Å². The Kier molecular flexibility index (Phi) is 0.898. The predicted octanol–water partition coefficient (Wildman–Crippen LogP) is 0.861. The van der Waals surface area contributed by atoms with Gasteiger partial charge in [0.1, 0.15) is 12.5 Å². The number of aliphatic hydroxyl groups excluding tert-OH is 1. The first-order valence-electron chi connectivity index (χ1n) is 1.76. The van der Waals surface area contributed by atoms with Crippen molar-refractivity contribution in [2.45, 2.75) is 0 Å². The Balaban J connectivity index is 2.50. The van der Waals surface area contributed by atoms with Crippen LogP contribution in [0.1, 0.15) is 0 Å². The minimum absolute atomic E-state index is 0.220. The standard InChI is InChI=1S/C4H4O3/c5-4-3-6-1-2-7-4/h1-3,5H. The Bertz CT molecular complexity index is 114. The smallest absolute Gasteiger partial charge is 0.318 e. The fraction of sp³-hybridized carbons (Fsp3) is 0. The van der Waals surface area contributed by atoms with E-state index in [1.807, 2.05) is 0 Å². The second-order valence-electron chi connectivity index (χ2n) is 0.982. The van der Waals surface area contributed by atoms with Crippen LogP contribution in [0.4, 0.5) is 0 Å². The van der Waals surface area contributed by atoms with Gasteiger partial charge >= 0.3 is 5.95 Å². The first kappa shape index (κ1) is 4.05. The topological polar surface area (TPSA) is 38.7 Å². The van der Waals surface area contributed by atoms with Crippen molar-refractivity contribution in [1.82, 2.24) is 0 Å². The second kappa shape index (κ2) is 1.55. The van der Waals surface area contributed by atoms with E-state index in [0.29, 0.717) is 0 Å². The van der Waals surface area contributed by atoms with Crippen LogP contribution >= 0.6 is 0 Å². The van der Waals surface area contributed by atoms with Gasteiger partial charge in [-0.25, -0.2) is 0 Å². The molecule has 1 aliphatic heterocycles. The summed E-state index contributed by atoms with van der Waals surface area (Å²) in [4.78, 5) is 0. The van der Waals surface area contributed by atoms with Gasteiger partial charge in [-0.05, 0) is 0 Å². The summed E-state index contributed by atoms with van der Waals surface area (Å²) in [6.45, 7) is 0. The Hall–Kier alpha value is -1.12. The van der Waals surface area contributed by atoms with Crippen LogP contribution in [0.15, 0.2) is 24.7 Å². The van der Waals surface area contributed by atoms with Gasteiger partial charge in [-0.3, -0.25) is 0 Å². The molecule has 0 aromatic rings. The molecular formula is C4H4O3. The molecule has 0 bridgehead atoms. The molecule has 1 rings (SSSR count). The fourth-order valence-corrected chi connectivity index (χ4v) is 0.255. The molecule has 3 nitrogen and oxygen atoms in total. The zero-order valence-electron chi connectivity index (χ0n) is 3.50. The number of ether oxygens (including phenoxy) is 2. The van der Waals surface area contributed by atoms with Gasteiger partial charge in [0.05, 0.1) is 0 Å². The van der Waals surface area contributed by atoms with Gasteiger partial charge in [0, 0.05) is 0 Å². The Morgan fingerprint density at radius 2 is 2.29 bits per heavy atom. The zero-order chi connectivity index (χ0) is 5.11. The monoisotopic (exact) mass is 100 g/mol.